The van der Waals surface area contributed by atoms with Gasteiger partial charge in [-0.05, 0) is 34.0 Å². The molecule has 0 aliphatic rings. The predicted molar refractivity (Wildman–Crippen MR) is 114 cm³/mol. The van der Waals surface area contributed by atoms with Crippen LogP contribution in [0.4, 0.5) is 0 Å². The maximum atomic E-state index is 11.5. The summed E-state index contributed by atoms with van der Waals surface area (Å²) in [5.74, 6) is 1.21. The smallest absolute Gasteiger partial charge is 0.336 e. The lowest BCUT2D eigenvalue weighted by Gasteiger charge is -2.10. The number of hydrogen-bond donors (Lipinski definition) is 1. The van der Waals surface area contributed by atoms with Crippen LogP contribution in [0.3, 0.4) is 0 Å². The van der Waals surface area contributed by atoms with Gasteiger partial charge in [-0.1, -0.05) is 68.5 Å². The van der Waals surface area contributed by atoms with Gasteiger partial charge in [0.15, 0.2) is 5.82 Å². The number of aromatic carboxylic acids is 1. The number of aromatic nitrogens is 3. The second-order valence-corrected chi connectivity index (χ2v) is 7.45. The molecule has 0 bridgehead atoms. The molecule has 0 radical (unpaired) electrons. The van der Waals surface area contributed by atoms with Gasteiger partial charge in [0.25, 0.3) is 0 Å². The summed E-state index contributed by atoms with van der Waals surface area (Å²) >= 11 is 4.94. The van der Waals surface area contributed by atoms with E-state index >= 15 is 0 Å². The van der Waals surface area contributed by atoms with Crippen molar-refractivity contribution >= 4 is 23.6 Å². The van der Waals surface area contributed by atoms with Gasteiger partial charge in [-0.25, -0.2) is 14.5 Å². The highest BCUT2D eigenvalue weighted by Gasteiger charge is 2.13. The van der Waals surface area contributed by atoms with E-state index in [1.165, 1.54) is 0 Å². The monoisotopic (exact) mass is 393 g/mol. The Hall–Kier alpha value is -2.86. The van der Waals surface area contributed by atoms with E-state index in [0.29, 0.717) is 29.9 Å². The van der Waals surface area contributed by atoms with E-state index in [-0.39, 0.29) is 0 Å². The van der Waals surface area contributed by atoms with Gasteiger partial charge in [0.2, 0.25) is 0 Å². The molecule has 3 aromatic rings. The molecule has 1 aromatic heterocycles. The number of thiocarbonyl (C=S) groups is 1. The van der Waals surface area contributed by atoms with Crippen molar-refractivity contribution in [1.82, 2.24) is 14.8 Å². The summed E-state index contributed by atoms with van der Waals surface area (Å²) in [5, 5.41) is 15.6. The first-order chi connectivity index (χ1) is 13.5. The van der Waals surface area contributed by atoms with Crippen LogP contribution in [-0.4, -0.2) is 31.2 Å². The SMILES string of the molecule is CC(C)Cn1nc(CC=S)nc1Cc1ccc(-c2ccccc2C(=O)O)cc1. The third kappa shape index (κ3) is 4.70. The normalized spacial score (nSPS) is 11.0. The van der Waals surface area contributed by atoms with Crippen molar-refractivity contribution < 1.29 is 9.90 Å². The van der Waals surface area contributed by atoms with Crippen LogP contribution in [0.25, 0.3) is 11.1 Å². The van der Waals surface area contributed by atoms with Crippen molar-refractivity contribution in [2.75, 3.05) is 0 Å². The van der Waals surface area contributed by atoms with Crippen LogP contribution in [0.15, 0.2) is 48.5 Å². The third-order valence-corrected chi connectivity index (χ3v) is 4.55. The molecule has 6 heteroatoms. The fraction of sp³-hybridized carbons (Fsp3) is 0.273. The molecule has 3 rings (SSSR count). The van der Waals surface area contributed by atoms with Gasteiger partial charge in [0.05, 0.1) is 5.56 Å². The molecule has 2 aromatic carbocycles. The number of carboxylic acid groups (broad SMARTS) is 1. The quantitative estimate of drug-likeness (QED) is 0.573. The molecule has 0 spiro atoms. The number of rotatable bonds is 8. The number of nitrogens with zero attached hydrogens (tertiary/aromatic N) is 3. The molecule has 0 aliphatic carbocycles. The second kappa shape index (κ2) is 8.89. The zero-order valence-corrected chi connectivity index (χ0v) is 16.8. The molecule has 0 saturated carbocycles. The fourth-order valence-electron chi connectivity index (χ4n) is 3.12. The van der Waals surface area contributed by atoms with Crippen molar-refractivity contribution in [3.63, 3.8) is 0 Å². The molecule has 0 aliphatic heterocycles. The largest absolute Gasteiger partial charge is 0.478 e. The van der Waals surface area contributed by atoms with Gasteiger partial charge in [-0.15, -0.1) is 0 Å². The summed E-state index contributed by atoms with van der Waals surface area (Å²) in [5.41, 5.74) is 3.00. The molecule has 0 atom stereocenters. The molecule has 1 heterocycles. The molecular weight excluding hydrogens is 370 g/mol. The van der Waals surface area contributed by atoms with E-state index < -0.39 is 5.97 Å². The molecule has 0 unspecified atom stereocenters. The highest BCUT2D eigenvalue weighted by Crippen LogP contribution is 2.24. The summed E-state index contributed by atoms with van der Waals surface area (Å²) in [7, 11) is 0. The Bertz CT molecular complexity index is 978. The molecule has 144 valence electrons. The van der Waals surface area contributed by atoms with Crippen LogP contribution < -0.4 is 0 Å². The van der Waals surface area contributed by atoms with Crippen molar-refractivity contribution in [2.24, 2.45) is 5.92 Å². The van der Waals surface area contributed by atoms with Crippen molar-refractivity contribution in [3.8, 4) is 11.1 Å². The first-order valence-corrected chi connectivity index (χ1v) is 9.73. The van der Waals surface area contributed by atoms with E-state index in [9.17, 15) is 9.90 Å². The summed E-state index contributed by atoms with van der Waals surface area (Å²) in [6.07, 6.45) is 1.25. The Kier molecular flexibility index (Phi) is 6.31. The highest BCUT2D eigenvalue weighted by atomic mass is 32.1. The Morgan fingerprint density at radius 3 is 2.54 bits per heavy atom. The van der Waals surface area contributed by atoms with Crippen molar-refractivity contribution in [2.45, 2.75) is 33.2 Å². The van der Waals surface area contributed by atoms with E-state index in [1.807, 2.05) is 41.1 Å². The summed E-state index contributed by atoms with van der Waals surface area (Å²) in [6.45, 7) is 5.11. The topological polar surface area (TPSA) is 68.0 Å². The standard InChI is InChI=1S/C22H23N3O2S/c1-15(2)14-25-21(23-20(24-25)11-12-28)13-16-7-9-17(10-8-16)18-5-3-4-6-19(18)22(26)27/h3-10,12,15H,11,13-14H2,1-2H3,(H,26,27). The van der Waals surface area contributed by atoms with Crippen LogP contribution in [-0.2, 0) is 19.4 Å². The molecule has 5 nitrogen and oxygen atoms in total. The van der Waals surface area contributed by atoms with Crippen LogP contribution in [0.5, 0.6) is 0 Å². The van der Waals surface area contributed by atoms with Crippen molar-refractivity contribution in [3.05, 3.63) is 71.3 Å². The van der Waals surface area contributed by atoms with Gasteiger partial charge in [0, 0.05) is 19.4 Å². The zero-order valence-electron chi connectivity index (χ0n) is 16.0. The molecule has 28 heavy (non-hydrogen) atoms. The van der Waals surface area contributed by atoms with E-state index in [4.69, 9.17) is 12.2 Å². The minimum Gasteiger partial charge on any atom is -0.478 e. The predicted octanol–water partition coefficient (Wildman–Crippen LogP) is 4.43. The van der Waals surface area contributed by atoms with Gasteiger partial charge in [-0.3, -0.25) is 0 Å². The molecule has 0 amide bonds. The number of hydrogen-bond acceptors (Lipinski definition) is 4. The van der Waals surface area contributed by atoms with Gasteiger partial charge in [-0.2, -0.15) is 5.10 Å². The molecule has 0 fully saturated rings. The minimum atomic E-state index is -0.924. The summed E-state index contributed by atoms with van der Waals surface area (Å²) < 4.78 is 1.96. The second-order valence-electron chi connectivity index (χ2n) is 7.12. The van der Waals surface area contributed by atoms with Crippen LogP contribution >= 0.6 is 12.2 Å². The van der Waals surface area contributed by atoms with E-state index in [2.05, 4.69) is 23.9 Å². The number of carboxylic acids is 1. The Morgan fingerprint density at radius 1 is 1.18 bits per heavy atom. The van der Waals surface area contributed by atoms with Gasteiger partial charge < -0.3 is 5.11 Å². The fourth-order valence-corrected chi connectivity index (χ4v) is 3.27. The zero-order chi connectivity index (χ0) is 20.1. The molecule has 1 N–H and O–H groups in total. The molecular formula is C22H23N3O2S. The lowest BCUT2D eigenvalue weighted by molar-refractivity contribution is 0.0697. The molecule has 0 saturated heterocycles. The third-order valence-electron chi connectivity index (χ3n) is 4.38. The van der Waals surface area contributed by atoms with Crippen LogP contribution in [0.2, 0.25) is 0 Å². The van der Waals surface area contributed by atoms with Gasteiger partial charge >= 0.3 is 5.97 Å². The van der Waals surface area contributed by atoms with Crippen LogP contribution in [0.1, 0.15) is 41.4 Å². The highest BCUT2D eigenvalue weighted by molar-refractivity contribution is 7.78. The van der Waals surface area contributed by atoms with Crippen LogP contribution in [0, 0.1) is 5.92 Å². The van der Waals surface area contributed by atoms with Gasteiger partial charge in [0.1, 0.15) is 5.82 Å². The lowest BCUT2D eigenvalue weighted by Crippen LogP contribution is -2.11. The number of carbonyl (C=O) groups is 1. The first-order valence-electron chi connectivity index (χ1n) is 9.25. The van der Waals surface area contributed by atoms with Crippen molar-refractivity contribution in [1.29, 1.82) is 0 Å². The average Bonchev–Trinajstić information content (AvgIpc) is 3.03. The van der Waals surface area contributed by atoms with E-state index in [1.54, 1.807) is 17.5 Å². The Balaban J connectivity index is 1.85. The average molecular weight is 394 g/mol. The maximum absolute atomic E-state index is 11.5. The Labute approximate surface area is 170 Å². The maximum Gasteiger partial charge on any atom is 0.336 e. The van der Waals surface area contributed by atoms with E-state index in [0.717, 1.165) is 29.3 Å². The summed E-state index contributed by atoms with van der Waals surface area (Å²) in [4.78, 5) is 16.1. The number of benzene rings is 2. The minimum absolute atomic E-state index is 0.303. The first kappa shape index (κ1) is 19.9. The summed E-state index contributed by atoms with van der Waals surface area (Å²) in [6, 6.07) is 15.0. The lowest BCUT2D eigenvalue weighted by atomic mass is 9.98. The Morgan fingerprint density at radius 2 is 1.89 bits per heavy atom.